The Bertz CT molecular complexity index is 352. The van der Waals surface area contributed by atoms with Crippen LogP contribution in [0.1, 0.15) is 50.7 Å². The Hall–Kier alpha value is -1.08. The van der Waals surface area contributed by atoms with Crippen molar-refractivity contribution in [3.8, 4) is 0 Å². The second kappa shape index (κ2) is 7.29. The molecule has 0 saturated carbocycles. The first-order valence-corrected chi connectivity index (χ1v) is 6.51. The van der Waals surface area contributed by atoms with Gasteiger partial charge in [0.05, 0.1) is 0 Å². The first-order chi connectivity index (χ1) is 8.13. The molecule has 0 aliphatic carbocycles. The van der Waals surface area contributed by atoms with Crippen LogP contribution in [-0.4, -0.2) is 11.7 Å². The first-order valence-electron chi connectivity index (χ1n) is 6.51. The molecule has 0 aromatic heterocycles. The maximum atomic E-state index is 8.92. The summed E-state index contributed by atoms with van der Waals surface area (Å²) in [5.74, 6) is 0.986. The molecule has 0 bridgehead atoms. The fourth-order valence-corrected chi connectivity index (χ4v) is 1.71. The average molecular weight is 232 g/mol. The third kappa shape index (κ3) is 5.18. The van der Waals surface area contributed by atoms with Crippen molar-refractivity contribution in [3.63, 3.8) is 0 Å². The molecule has 1 nitrogen and oxygen atoms in total. The molecule has 0 fully saturated rings. The van der Waals surface area contributed by atoms with Gasteiger partial charge in [0, 0.05) is 6.61 Å². The van der Waals surface area contributed by atoms with E-state index in [1.807, 2.05) is 0 Å². The summed E-state index contributed by atoms with van der Waals surface area (Å²) >= 11 is 0. The maximum Gasteiger partial charge on any atom is 0.0456 e. The highest BCUT2D eigenvalue weighted by atomic mass is 16.3. The summed E-state index contributed by atoms with van der Waals surface area (Å²) in [6.07, 6.45) is 6.46. The van der Waals surface area contributed by atoms with E-state index in [0.717, 1.165) is 12.8 Å². The molecule has 0 aliphatic heterocycles. The lowest BCUT2D eigenvalue weighted by molar-refractivity contribution is 0.231. The van der Waals surface area contributed by atoms with Gasteiger partial charge < -0.3 is 5.11 Å². The predicted octanol–water partition coefficient (Wildman–Crippen LogP) is 4.23. The zero-order chi connectivity index (χ0) is 12.7. The summed E-state index contributed by atoms with van der Waals surface area (Å²) in [6, 6.07) is 8.68. The van der Waals surface area contributed by atoms with E-state index in [2.05, 4.69) is 57.2 Å². The van der Waals surface area contributed by atoms with Gasteiger partial charge in [-0.25, -0.2) is 0 Å². The Labute approximate surface area is 105 Å². The molecule has 0 radical (unpaired) electrons. The molecule has 1 heteroatoms. The molecule has 0 unspecified atom stereocenters. The summed E-state index contributed by atoms with van der Waals surface area (Å²) in [6.45, 7) is 6.79. The van der Waals surface area contributed by atoms with Crippen molar-refractivity contribution >= 4 is 6.08 Å². The third-order valence-corrected chi connectivity index (χ3v) is 3.03. The Morgan fingerprint density at radius 2 is 2.00 bits per heavy atom. The van der Waals surface area contributed by atoms with Gasteiger partial charge in [0.25, 0.3) is 0 Å². The number of aliphatic hydroxyl groups excluding tert-OH is 1. The SMILES string of the molecule is CC(C)c1cccc(C=CCC[C@@H](C)CO)c1. The Kier molecular flexibility index (Phi) is 5.99. The number of aliphatic hydroxyl groups is 1. The fraction of sp³-hybridized carbons (Fsp3) is 0.500. The molecule has 1 rings (SSSR count). The summed E-state index contributed by atoms with van der Waals surface area (Å²) < 4.78 is 0. The van der Waals surface area contributed by atoms with Crippen LogP contribution in [-0.2, 0) is 0 Å². The van der Waals surface area contributed by atoms with Gasteiger partial charge in [-0.3, -0.25) is 0 Å². The average Bonchev–Trinajstić information content (AvgIpc) is 2.34. The Morgan fingerprint density at radius 3 is 2.65 bits per heavy atom. The topological polar surface area (TPSA) is 20.2 Å². The van der Waals surface area contributed by atoms with E-state index in [4.69, 9.17) is 5.11 Å². The molecule has 1 N–H and O–H groups in total. The summed E-state index contributed by atoms with van der Waals surface area (Å²) in [5.41, 5.74) is 2.66. The van der Waals surface area contributed by atoms with Gasteiger partial charge in [-0.1, -0.05) is 57.2 Å². The molecule has 0 amide bonds. The Balaban J connectivity index is 2.50. The first kappa shape index (κ1) is 14.0. The lowest BCUT2D eigenvalue weighted by Crippen LogP contribution is -1.98. The van der Waals surface area contributed by atoms with E-state index in [-0.39, 0.29) is 6.61 Å². The van der Waals surface area contributed by atoms with Crippen molar-refractivity contribution in [3.05, 3.63) is 41.5 Å². The molecule has 94 valence electrons. The van der Waals surface area contributed by atoms with Crippen molar-refractivity contribution in [1.82, 2.24) is 0 Å². The van der Waals surface area contributed by atoms with Crippen LogP contribution in [0.15, 0.2) is 30.3 Å². The van der Waals surface area contributed by atoms with Gasteiger partial charge in [0.1, 0.15) is 0 Å². The van der Waals surface area contributed by atoms with Crippen LogP contribution in [0.2, 0.25) is 0 Å². The van der Waals surface area contributed by atoms with Crippen molar-refractivity contribution in [2.75, 3.05) is 6.61 Å². The molecular weight excluding hydrogens is 208 g/mol. The zero-order valence-corrected chi connectivity index (χ0v) is 11.2. The van der Waals surface area contributed by atoms with E-state index in [0.29, 0.717) is 11.8 Å². The highest BCUT2D eigenvalue weighted by Crippen LogP contribution is 2.16. The van der Waals surface area contributed by atoms with Crippen LogP contribution in [0, 0.1) is 5.92 Å². The van der Waals surface area contributed by atoms with Gasteiger partial charge in [-0.15, -0.1) is 0 Å². The number of rotatable bonds is 6. The van der Waals surface area contributed by atoms with Gasteiger partial charge >= 0.3 is 0 Å². The number of benzene rings is 1. The van der Waals surface area contributed by atoms with Crippen molar-refractivity contribution in [1.29, 1.82) is 0 Å². The van der Waals surface area contributed by atoms with Crippen LogP contribution in [0.4, 0.5) is 0 Å². The molecule has 17 heavy (non-hydrogen) atoms. The lowest BCUT2D eigenvalue weighted by atomic mass is 10.0. The fourth-order valence-electron chi connectivity index (χ4n) is 1.71. The number of allylic oxidation sites excluding steroid dienone is 1. The minimum absolute atomic E-state index is 0.288. The molecule has 1 atom stereocenters. The monoisotopic (exact) mass is 232 g/mol. The van der Waals surface area contributed by atoms with E-state index in [9.17, 15) is 0 Å². The highest BCUT2D eigenvalue weighted by Gasteiger charge is 1.99. The van der Waals surface area contributed by atoms with Gasteiger partial charge in [-0.2, -0.15) is 0 Å². The standard InChI is InChI=1S/C16H24O/c1-13(2)16-10-6-9-15(11-16)8-5-4-7-14(3)12-17/h5-6,8-11,13-14,17H,4,7,12H2,1-3H3/t14-/m1/s1. The van der Waals surface area contributed by atoms with Crippen molar-refractivity contribution in [2.45, 2.75) is 39.5 Å². The van der Waals surface area contributed by atoms with Gasteiger partial charge in [0.2, 0.25) is 0 Å². The van der Waals surface area contributed by atoms with Crippen LogP contribution >= 0.6 is 0 Å². The lowest BCUT2D eigenvalue weighted by Gasteiger charge is -2.06. The predicted molar refractivity (Wildman–Crippen MR) is 75.0 cm³/mol. The molecule has 0 aliphatic rings. The van der Waals surface area contributed by atoms with Crippen LogP contribution < -0.4 is 0 Å². The second-order valence-electron chi connectivity index (χ2n) is 5.09. The third-order valence-electron chi connectivity index (χ3n) is 3.03. The smallest absolute Gasteiger partial charge is 0.0456 e. The van der Waals surface area contributed by atoms with Crippen molar-refractivity contribution < 1.29 is 5.11 Å². The van der Waals surface area contributed by atoms with E-state index < -0.39 is 0 Å². The van der Waals surface area contributed by atoms with E-state index in [1.165, 1.54) is 11.1 Å². The van der Waals surface area contributed by atoms with E-state index >= 15 is 0 Å². The van der Waals surface area contributed by atoms with Crippen molar-refractivity contribution in [2.24, 2.45) is 5.92 Å². The quantitative estimate of drug-likeness (QED) is 0.778. The molecule has 1 aromatic carbocycles. The minimum Gasteiger partial charge on any atom is -0.396 e. The summed E-state index contributed by atoms with van der Waals surface area (Å²) in [7, 11) is 0. The summed E-state index contributed by atoms with van der Waals surface area (Å²) in [5, 5.41) is 8.92. The van der Waals surface area contributed by atoms with Crippen LogP contribution in [0.3, 0.4) is 0 Å². The molecule has 0 spiro atoms. The molecule has 0 saturated heterocycles. The highest BCUT2D eigenvalue weighted by molar-refractivity contribution is 5.50. The largest absolute Gasteiger partial charge is 0.396 e. The summed E-state index contributed by atoms with van der Waals surface area (Å²) in [4.78, 5) is 0. The van der Waals surface area contributed by atoms with Gasteiger partial charge in [-0.05, 0) is 35.8 Å². The maximum absolute atomic E-state index is 8.92. The Morgan fingerprint density at radius 1 is 1.24 bits per heavy atom. The van der Waals surface area contributed by atoms with Crippen LogP contribution in [0.25, 0.3) is 6.08 Å². The second-order valence-corrected chi connectivity index (χ2v) is 5.09. The minimum atomic E-state index is 0.288. The van der Waals surface area contributed by atoms with Crippen LogP contribution in [0.5, 0.6) is 0 Å². The molecule has 1 aromatic rings. The van der Waals surface area contributed by atoms with Gasteiger partial charge in [0.15, 0.2) is 0 Å². The normalized spacial score (nSPS) is 13.5. The number of hydrogen-bond donors (Lipinski definition) is 1. The number of hydrogen-bond acceptors (Lipinski definition) is 1. The molecular formula is C16H24O. The molecule has 0 heterocycles. The zero-order valence-electron chi connectivity index (χ0n) is 11.2. The van der Waals surface area contributed by atoms with E-state index in [1.54, 1.807) is 0 Å².